The Kier molecular flexibility index (Phi) is 4.81. The van der Waals surface area contributed by atoms with Crippen molar-refractivity contribution in [1.29, 1.82) is 0 Å². The lowest BCUT2D eigenvalue weighted by Gasteiger charge is -2.05. The van der Waals surface area contributed by atoms with Crippen LogP contribution >= 0.6 is 11.3 Å². The maximum atomic E-state index is 10.4. The number of rotatable bonds is 1. The number of hydrogen-bond donors (Lipinski definition) is 2. The molecule has 0 aliphatic carbocycles. The molecule has 0 saturated carbocycles. The third kappa shape index (κ3) is 4.81. The molecule has 0 atom stereocenters. The van der Waals surface area contributed by atoms with E-state index in [2.05, 4.69) is 5.10 Å². The van der Waals surface area contributed by atoms with Crippen molar-refractivity contribution < 1.29 is 17.8 Å². The molecule has 19 heavy (non-hydrogen) atoms. The Hall–Kier alpha value is -1.71. The number of nitrogen functional groups attached to an aromatic ring is 2. The first-order chi connectivity index (χ1) is 8.70. The van der Waals surface area contributed by atoms with Crippen LogP contribution in [-0.4, -0.2) is 18.1 Å². The Bertz CT molecular complexity index is 630. The van der Waals surface area contributed by atoms with Gasteiger partial charge in [-0.25, -0.2) is 14.3 Å². The predicted molar refractivity (Wildman–Crippen MR) is 70.8 cm³/mol. The van der Waals surface area contributed by atoms with Gasteiger partial charge < -0.3 is 4.55 Å². The summed E-state index contributed by atoms with van der Waals surface area (Å²) in [6, 6.07) is 5.78. The van der Waals surface area contributed by atoms with Gasteiger partial charge in [-0.1, -0.05) is 22.8 Å². The van der Waals surface area contributed by atoms with Gasteiger partial charge in [0.1, 0.15) is 15.1 Å². The second kappa shape index (κ2) is 5.95. The van der Waals surface area contributed by atoms with Crippen molar-refractivity contribution in [3.63, 3.8) is 0 Å². The monoisotopic (exact) mass is 302 g/mol. The van der Waals surface area contributed by atoms with Crippen molar-refractivity contribution in [2.45, 2.75) is 18.7 Å². The van der Waals surface area contributed by atoms with E-state index in [4.69, 9.17) is 11.6 Å². The van der Waals surface area contributed by atoms with Crippen molar-refractivity contribution in [2.75, 3.05) is 11.6 Å². The molecule has 0 bridgehead atoms. The highest BCUT2D eigenvalue weighted by Gasteiger charge is 2.04. The summed E-state index contributed by atoms with van der Waals surface area (Å²) in [5.74, 6) is 5.23. The summed E-state index contributed by atoms with van der Waals surface area (Å²) in [7, 11) is -4.27. The first kappa shape index (κ1) is 15.3. The maximum Gasteiger partial charge on any atom is 0.378 e. The van der Waals surface area contributed by atoms with Crippen LogP contribution in [0.4, 0.5) is 5.13 Å². The van der Waals surface area contributed by atoms with E-state index in [-0.39, 0.29) is 4.90 Å². The molecule has 0 aliphatic rings. The van der Waals surface area contributed by atoms with E-state index in [0.29, 0.717) is 5.13 Å². The van der Waals surface area contributed by atoms with Gasteiger partial charge in [0.05, 0.1) is 4.90 Å². The molecule has 0 unspecified atom stereocenters. The van der Waals surface area contributed by atoms with Gasteiger partial charge >= 0.3 is 5.13 Å². The Balaban J connectivity index is 0.000000200. The van der Waals surface area contributed by atoms with Crippen molar-refractivity contribution in [1.82, 2.24) is 5.10 Å². The van der Waals surface area contributed by atoms with Crippen molar-refractivity contribution in [3.05, 3.63) is 34.8 Å². The van der Waals surface area contributed by atoms with Crippen LogP contribution in [0.25, 0.3) is 0 Å². The zero-order chi connectivity index (χ0) is 14.6. The van der Waals surface area contributed by atoms with Crippen LogP contribution in [0.5, 0.6) is 0 Å². The molecule has 2 aromatic rings. The van der Waals surface area contributed by atoms with Crippen LogP contribution in [0.2, 0.25) is 0 Å². The molecular formula is C10H14N4O3S2. The van der Waals surface area contributed by atoms with Crippen molar-refractivity contribution in [2.24, 2.45) is 0 Å². The first-order valence-corrected chi connectivity index (χ1v) is 7.35. The minimum atomic E-state index is -4.27. The zero-order valence-corrected chi connectivity index (χ0v) is 12.0. The van der Waals surface area contributed by atoms with E-state index in [1.54, 1.807) is 12.1 Å². The second-order valence-corrected chi connectivity index (χ2v) is 6.26. The highest BCUT2D eigenvalue weighted by Crippen LogP contribution is 2.08. The second-order valence-electron chi connectivity index (χ2n) is 3.67. The Labute approximate surface area is 115 Å². The highest BCUT2D eigenvalue weighted by atomic mass is 32.2. The summed E-state index contributed by atoms with van der Waals surface area (Å²) in [6.45, 7) is 3.67. The molecule has 7 nitrogen and oxygen atoms in total. The quantitative estimate of drug-likeness (QED) is 0.431. The van der Waals surface area contributed by atoms with E-state index in [0.717, 1.165) is 10.6 Å². The van der Waals surface area contributed by atoms with Gasteiger partial charge in [-0.2, -0.15) is 0 Å². The molecule has 1 heterocycles. The minimum Gasteiger partial charge on any atom is -0.744 e. The minimum absolute atomic E-state index is 0.178. The third-order valence-corrected chi connectivity index (χ3v) is 3.66. The van der Waals surface area contributed by atoms with Crippen LogP contribution in [0.3, 0.4) is 0 Å². The van der Waals surface area contributed by atoms with Gasteiger partial charge in [0.15, 0.2) is 0 Å². The molecule has 0 saturated heterocycles. The predicted octanol–water partition coefficient (Wildman–Crippen LogP) is -0.0659. The number of nitrogens with two attached hydrogens (primary N) is 2. The van der Waals surface area contributed by atoms with Crippen LogP contribution in [0.1, 0.15) is 10.6 Å². The highest BCUT2D eigenvalue weighted by molar-refractivity contribution is 7.85. The van der Waals surface area contributed by atoms with Crippen LogP contribution < -0.4 is 16.4 Å². The molecule has 2 rings (SSSR count). The van der Waals surface area contributed by atoms with Crippen LogP contribution in [0, 0.1) is 13.8 Å². The van der Waals surface area contributed by atoms with Crippen molar-refractivity contribution in [3.8, 4) is 0 Å². The fourth-order valence-electron chi connectivity index (χ4n) is 1.12. The van der Waals surface area contributed by atoms with E-state index < -0.39 is 10.1 Å². The summed E-state index contributed by atoms with van der Waals surface area (Å²) in [6.07, 6.45) is 0. The Morgan fingerprint density at radius 1 is 1.26 bits per heavy atom. The van der Waals surface area contributed by atoms with Crippen LogP contribution in [0.15, 0.2) is 29.2 Å². The number of aromatic nitrogens is 2. The van der Waals surface area contributed by atoms with Gasteiger partial charge in [-0.05, 0) is 42.1 Å². The summed E-state index contributed by atoms with van der Waals surface area (Å²) in [4.78, 5) is 0.989. The molecule has 0 spiro atoms. The molecule has 1 aromatic heterocycles. The van der Waals surface area contributed by atoms with Gasteiger partial charge in [-0.3, -0.25) is 5.73 Å². The first-order valence-electron chi connectivity index (χ1n) is 5.13. The van der Waals surface area contributed by atoms with E-state index in [9.17, 15) is 13.0 Å². The number of nitrogens with zero attached hydrogens (tertiary/aromatic N) is 2. The van der Waals surface area contributed by atoms with E-state index in [1.807, 2.05) is 13.8 Å². The molecule has 0 amide bonds. The Morgan fingerprint density at radius 2 is 1.79 bits per heavy atom. The average Bonchev–Trinajstić information content (AvgIpc) is 2.56. The molecule has 0 aliphatic heterocycles. The molecule has 4 N–H and O–H groups in total. The topological polar surface area (TPSA) is 126 Å². The number of benzene rings is 1. The average molecular weight is 302 g/mol. The molecule has 9 heteroatoms. The molecule has 1 aromatic carbocycles. The lowest BCUT2D eigenvalue weighted by atomic mass is 10.2. The third-order valence-electron chi connectivity index (χ3n) is 2.04. The summed E-state index contributed by atoms with van der Waals surface area (Å²) >= 11 is 1.37. The normalized spacial score (nSPS) is 10.7. The SMILES string of the molecule is Cc1ccc(S(=O)(=O)[O-])cc1.Cc1n[n+](N)c(N)s1. The van der Waals surface area contributed by atoms with Gasteiger partial charge in [0.25, 0.3) is 0 Å². The van der Waals surface area contributed by atoms with Crippen molar-refractivity contribution >= 4 is 26.6 Å². The fraction of sp³-hybridized carbons (Fsp3) is 0.200. The van der Waals surface area contributed by atoms with Gasteiger partial charge in [0, 0.05) is 0 Å². The number of aryl methyl sites for hydroxylation is 2. The molecule has 0 radical (unpaired) electrons. The lowest BCUT2D eigenvalue weighted by molar-refractivity contribution is -0.681. The fourth-order valence-corrected chi connectivity index (χ4v) is 2.16. The number of hydrogen-bond acceptors (Lipinski definition) is 7. The number of anilines is 1. The smallest absolute Gasteiger partial charge is 0.378 e. The van der Waals surface area contributed by atoms with Gasteiger partial charge in [-0.15, -0.1) is 0 Å². The molecular weight excluding hydrogens is 288 g/mol. The van der Waals surface area contributed by atoms with Crippen LogP contribution in [-0.2, 0) is 10.1 Å². The molecule has 104 valence electrons. The molecule has 0 fully saturated rings. The van der Waals surface area contributed by atoms with E-state index >= 15 is 0 Å². The van der Waals surface area contributed by atoms with Gasteiger partial charge in [0.2, 0.25) is 0 Å². The van der Waals surface area contributed by atoms with E-state index in [1.165, 1.54) is 28.3 Å². The Morgan fingerprint density at radius 3 is 2.05 bits per heavy atom. The summed E-state index contributed by atoms with van der Waals surface area (Å²) in [5, 5.41) is 5.21. The summed E-state index contributed by atoms with van der Waals surface area (Å²) < 4.78 is 31.2. The zero-order valence-electron chi connectivity index (χ0n) is 10.4. The summed E-state index contributed by atoms with van der Waals surface area (Å²) in [5.41, 5.74) is 6.26. The lowest BCUT2D eigenvalue weighted by Crippen LogP contribution is -2.48. The maximum absolute atomic E-state index is 10.4. The standard InChI is InChI=1S/C7H8O3S.C3H6N4S/c1-6-2-4-7(5-3-6)11(8,9)10;1-2-6-7(5)3(4)8-2/h2-5H,1H3,(H,8,9,10);4H,5H2,1H3. The largest absolute Gasteiger partial charge is 0.744 e.